The maximum atomic E-state index is 13.4. The van der Waals surface area contributed by atoms with E-state index in [1.165, 1.54) is 6.07 Å². The van der Waals surface area contributed by atoms with Crippen LogP contribution in [0.1, 0.15) is 18.9 Å². The zero-order chi connectivity index (χ0) is 12.4. The smallest absolute Gasteiger partial charge is 0.137 e. The molecule has 2 atom stereocenters. The predicted molar refractivity (Wildman–Crippen MR) is 71.1 cm³/mol. The van der Waals surface area contributed by atoms with E-state index in [9.17, 15) is 4.39 Å². The average Bonchev–Trinajstić information content (AvgIpc) is 2.23. The van der Waals surface area contributed by atoms with E-state index in [0.29, 0.717) is 10.4 Å². The first-order valence-electron chi connectivity index (χ1n) is 5.97. The van der Waals surface area contributed by atoms with Gasteiger partial charge in [0.05, 0.1) is 4.47 Å². The van der Waals surface area contributed by atoms with Crippen molar-refractivity contribution in [2.75, 3.05) is 13.1 Å². The Morgan fingerprint density at radius 3 is 2.94 bits per heavy atom. The Kier molecular flexibility index (Phi) is 4.17. The van der Waals surface area contributed by atoms with Gasteiger partial charge in [0.15, 0.2) is 0 Å². The number of hydrogen-bond donors (Lipinski definition) is 1. The molecule has 2 rings (SSSR count). The topological polar surface area (TPSA) is 29.3 Å². The summed E-state index contributed by atoms with van der Waals surface area (Å²) >= 11 is 3.30. The van der Waals surface area contributed by atoms with E-state index in [2.05, 4.69) is 27.8 Å². The van der Waals surface area contributed by atoms with Gasteiger partial charge in [0, 0.05) is 25.7 Å². The zero-order valence-corrected chi connectivity index (χ0v) is 11.6. The molecule has 94 valence electrons. The number of nitrogens with two attached hydrogens (primary N) is 1. The lowest BCUT2D eigenvalue weighted by atomic mass is 9.96. The summed E-state index contributed by atoms with van der Waals surface area (Å²) in [5.41, 5.74) is 7.00. The Labute approximate surface area is 110 Å². The minimum absolute atomic E-state index is 0.197. The van der Waals surface area contributed by atoms with Gasteiger partial charge in [0.2, 0.25) is 0 Å². The molecular weight excluding hydrogens is 283 g/mol. The van der Waals surface area contributed by atoms with Gasteiger partial charge < -0.3 is 5.73 Å². The van der Waals surface area contributed by atoms with Crippen LogP contribution in [0.2, 0.25) is 0 Å². The van der Waals surface area contributed by atoms with Crippen LogP contribution in [-0.4, -0.2) is 24.0 Å². The highest BCUT2D eigenvalue weighted by Crippen LogP contribution is 2.24. The fourth-order valence-corrected chi connectivity index (χ4v) is 2.94. The first-order valence-corrected chi connectivity index (χ1v) is 6.76. The average molecular weight is 301 g/mol. The van der Waals surface area contributed by atoms with Gasteiger partial charge in [-0.2, -0.15) is 0 Å². The zero-order valence-electron chi connectivity index (χ0n) is 10.00. The van der Waals surface area contributed by atoms with Gasteiger partial charge in [-0.05, 0) is 39.9 Å². The van der Waals surface area contributed by atoms with Crippen LogP contribution in [0.25, 0.3) is 0 Å². The summed E-state index contributed by atoms with van der Waals surface area (Å²) in [6.45, 7) is 4.91. The number of nitrogens with zero attached hydrogens (tertiary/aromatic N) is 1. The number of hydrogen-bond acceptors (Lipinski definition) is 2. The summed E-state index contributed by atoms with van der Waals surface area (Å²) in [4.78, 5) is 2.30. The Morgan fingerprint density at radius 2 is 2.24 bits per heavy atom. The van der Waals surface area contributed by atoms with Gasteiger partial charge in [-0.15, -0.1) is 0 Å². The van der Waals surface area contributed by atoms with Crippen LogP contribution in [-0.2, 0) is 6.54 Å². The van der Waals surface area contributed by atoms with Crippen molar-refractivity contribution in [1.29, 1.82) is 0 Å². The van der Waals surface area contributed by atoms with Crippen molar-refractivity contribution in [3.63, 3.8) is 0 Å². The summed E-state index contributed by atoms with van der Waals surface area (Å²) < 4.78 is 14.0. The molecule has 1 fully saturated rings. The minimum atomic E-state index is -0.197. The fraction of sp³-hybridized carbons (Fsp3) is 0.538. The minimum Gasteiger partial charge on any atom is -0.327 e. The summed E-state index contributed by atoms with van der Waals surface area (Å²) in [6.07, 6.45) is 1.08. The highest BCUT2D eigenvalue weighted by molar-refractivity contribution is 9.10. The first kappa shape index (κ1) is 13.0. The highest BCUT2D eigenvalue weighted by Gasteiger charge is 2.22. The highest BCUT2D eigenvalue weighted by atomic mass is 79.9. The Bertz CT molecular complexity index is 387. The molecule has 1 aliphatic rings. The second-order valence-electron chi connectivity index (χ2n) is 5.01. The molecule has 0 radical (unpaired) electrons. The molecule has 2 unspecified atom stereocenters. The van der Waals surface area contributed by atoms with Crippen molar-refractivity contribution in [3.8, 4) is 0 Å². The molecule has 0 spiro atoms. The van der Waals surface area contributed by atoms with Gasteiger partial charge in [-0.25, -0.2) is 4.39 Å². The molecule has 2 nitrogen and oxygen atoms in total. The normalized spacial score (nSPS) is 26.1. The van der Waals surface area contributed by atoms with Crippen molar-refractivity contribution in [2.24, 2.45) is 11.7 Å². The Hall–Kier alpha value is -0.450. The molecule has 1 heterocycles. The van der Waals surface area contributed by atoms with Crippen molar-refractivity contribution < 1.29 is 4.39 Å². The lowest BCUT2D eigenvalue weighted by Crippen LogP contribution is -2.45. The van der Waals surface area contributed by atoms with Crippen molar-refractivity contribution in [3.05, 3.63) is 34.1 Å². The van der Waals surface area contributed by atoms with E-state index < -0.39 is 0 Å². The lowest BCUT2D eigenvalue weighted by Gasteiger charge is -2.34. The number of rotatable bonds is 2. The molecule has 2 N–H and O–H groups in total. The van der Waals surface area contributed by atoms with E-state index in [1.807, 2.05) is 6.07 Å². The van der Waals surface area contributed by atoms with Crippen LogP contribution in [0.15, 0.2) is 22.7 Å². The van der Waals surface area contributed by atoms with Gasteiger partial charge in [0.1, 0.15) is 5.82 Å². The molecule has 1 saturated heterocycles. The molecule has 4 heteroatoms. The van der Waals surface area contributed by atoms with E-state index in [0.717, 1.165) is 31.6 Å². The Morgan fingerprint density at radius 1 is 1.47 bits per heavy atom. The molecule has 1 aromatic rings. The lowest BCUT2D eigenvalue weighted by molar-refractivity contribution is 0.158. The molecule has 0 aromatic heterocycles. The van der Waals surface area contributed by atoms with Crippen LogP contribution in [0, 0.1) is 11.7 Å². The largest absolute Gasteiger partial charge is 0.327 e. The van der Waals surface area contributed by atoms with Crippen LogP contribution in [0.3, 0.4) is 0 Å². The quantitative estimate of drug-likeness (QED) is 0.910. The maximum absolute atomic E-state index is 13.4. The summed E-state index contributed by atoms with van der Waals surface area (Å²) in [5, 5.41) is 0. The molecular formula is C13H18BrFN2. The third-order valence-electron chi connectivity index (χ3n) is 3.19. The van der Waals surface area contributed by atoms with Crippen molar-refractivity contribution in [2.45, 2.75) is 25.9 Å². The summed E-state index contributed by atoms with van der Waals surface area (Å²) in [6, 6.07) is 5.42. The molecule has 0 aliphatic carbocycles. The number of likely N-dealkylation sites (tertiary alicyclic amines) is 1. The van der Waals surface area contributed by atoms with E-state index in [4.69, 9.17) is 5.73 Å². The first-order chi connectivity index (χ1) is 8.06. The number of benzene rings is 1. The van der Waals surface area contributed by atoms with E-state index >= 15 is 0 Å². The van der Waals surface area contributed by atoms with Gasteiger partial charge >= 0.3 is 0 Å². The monoisotopic (exact) mass is 300 g/mol. The summed E-state index contributed by atoms with van der Waals surface area (Å²) in [7, 11) is 0. The third-order valence-corrected chi connectivity index (χ3v) is 4.08. The van der Waals surface area contributed by atoms with Crippen LogP contribution >= 0.6 is 15.9 Å². The van der Waals surface area contributed by atoms with Gasteiger partial charge in [-0.1, -0.05) is 19.1 Å². The Balaban J connectivity index is 2.07. The number of piperidine rings is 1. The summed E-state index contributed by atoms with van der Waals surface area (Å²) in [5.74, 6) is 0.419. The van der Waals surface area contributed by atoms with E-state index in [1.54, 1.807) is 6.07 Å². The standard InChI is InChI=1S/C13H18BrFN2/c1-9-5-11(16)8-17(6-9)7-10-3-2-4-12(15)13(10)14/h2-4,9,11H,5-8,16H2,1H3. The third kappa shape index (κ3) is 3.27. The molecule has 1 aliphatic heterocycles. The molecule has 0 saturated carbocycles. The van der Waals surface area contributed by atoms with E-state index in [-0.39, 0.29) is 11.9 Å². The van der Waals surface area contributed by atoms with Crippen molar-refractivity contribution >= 4 is 15.9 Å². The fourth-order valence-electron chi connectivity index (χ4n) is 2.55. The molecule has 17 heavy (non-hydrogen) atoms. The van der Waals surface area contributed by atoms with Crippen LogP contribution in [0.4, 0.5) is 4.39 Å². The SMILES string of the molecule is CC1CC(N)CN(Cc2cccc(F)c2Br)C1. The van der Waals surface area contributed by atoms with Crippen molar-refractivity contribution in [1.82, 2.24) is 4.90 Å². The van der Waals surface area contributed by atoms with Crippen LogP contribution in [0.5, 0.6) is 0 Å². The number of halogens is 2. The van der Waals surface area contributed by atoms with Gasteiger partial charge in [0.25, 0.3) is 0 Å². The van der Waals surface area contributed by atoms with Gasteiger partial charge in [-0.3, -0.25) is 4.90 Å². The van der Waals surface area contributed by atoms with Crippen LogP contribution < -0.4 is 5.73 Å². The second kappa shape index (κ2) is 5.46. The second-order valence-corrected chi connectivity index (χ2v) is 5.80. The molecule has 0 amide bonds. The predicted octanol–water partition coefficient (Wildman–Crippen LogP) is 2.76. The molecule has 1 aromatic carbocycles. The maximum Gasteiger partial charge on any atom is 0.137 e. The molecule has 0 bridgehead atoms.